The molecule has 12 heteroatoms. The zero-order chi connectivity index (χ0) is 26.1. The van der Waals surface area contributed by atoms with E-state index in [0.29, 0.717) is 12.4 Å². The average molecular weight is 520 g/mol. The molecule has 36 heavy (non-hydrogen) atoms. The first kappa shape index (κ1) is 26.7. The Morgan fingerprint density at radius 2 is 1.78 bits per heavy atom. The second-order valence-electron chi connectivity index (χ2n) is 7.87. The molecule has 0 atom stereocenters. The van der Waals surface area contributed by atoms with E-state index in [0.717, 1.165) is 38.4 Å². The summed E-state index contributed by atoms with van der Waals surface area (Å²) in [6.07, 6.45) is 3.07. The van der Waals surface area contributed by atoms with Gasteiger partial charge in [-0.1, -0.05) is 11.6 Å². The molecule has 1 fully saturated rings. The SMILES string of the molecule is CCOc1cc(C(=O)OCC(=O)Nc2ccc([N+](=O)[O-])cc2Cl)ccc1OCC(=O)N1CCCCC1. The Morgan fingerprint density at radius 3 is 2.44 bits per heavy atom. The molecule has 1 aliphatic heterocycles. The largest absolute Gasteiger partial charge is 0.490 e. The summed E-state index contributed by atoms with van der Waals surface area (Å²) in [6, 6.07) is 7.92. The van der Waals surface area contributed by atoms with Gasteiger partial charge in [0.05, 0.1) is 27.8 Å². The molecule has 1 aliphatic rings. The normalized spacial score (nSPS) is 13.0. The maximum absolute atomic E-state index is 12.5. The number of benzene rings is 2. The number of likely N-dealkylation sites (tertiary alicyclic amines) is 1. The fourth-order valence-electron chi connectivity index (χ4n) is 3.52. The monoisotopic (exact) mass is 519 g/mol. The predicted molar refractivity (Wildman–Crippen MR) is 131 cm³/mol. The van der Waals surface area contributed by atoms with Crippen LogP contribution in [-0.2, 0) is 14.3 Å². The van der Waals surface area contributed by atoms with E-state index in [2.05, 4.69) is 5.32 Å². The van der Waals surface area contributed by atoms with Crippen molar-refractivity contribution in [1.82, 2.24) is 4.90 Å². The number of nitrogens with zero attached hydrogens (tertiary/aromatic N) is 2. The number of non-ortho nitro benzene ring substituents is 1. The van der Waals surface area contributed by atoms with Crippen LogP contribution in [0.3, 0.4) is 0 Å². The summed E-state index contributed by atoms with van der Waals surface area (Å²) in [4.78, 5) is 48.9. The first-order chi connectivity index (χ1) is 17.3. The third-order valence-corrected chi connectivity index (χ3v) is 5.62. The van der Waals surface area contributed by atoms with Crippen molar-refractivity contribution in [3.8, 4) is 11.5 Å². The number of nitro groups is 1. The summed E-state index contributed by atoms with van der Waals surface area (Å²) < 4.78 is 16.3. The van der Waals surface area contributed by atoms with Gasteiger partial charge in [0.15, 0.2) is 24.7 Å². The Labute approximate surface area is 212 Å². The van der Waals surface area contributed by atoms with Crippen LogP contribution in [0.15, 0.2) is 36.4 Å². The van der Waals surface area contributed by atoms with Gasteiger partial charge in [0.2, 0.25) is 0 Å². The number of hydrogen-bond donors (Lipinski definition) is 1. The van der Waals surface area contributed by atoms with Gasteiger partial charge < -0.3 is 24.4 Å². The molecule has 2 aromatic carbocycles. The minimum Gasteiger partial charge on any atom is -0.490 e. The summed E-state index contributed by atoms with van der Waals surface area (Å²) in [5.41, 5.74) is 0.0368. The van der Waals surface area contributed by atoms with E-state index in [1.165, 1.54) is 30.3 Å². The van der Waals surface area contributed by atoms with Crippen molar-refractivity contribution in [2.75, 3.05) is 38.2 Å². The molecule has 2 aromatic rings. The van der Waals surface area contributed by atoms with E-state index in [4.69, 9.17) is 25.8 Å². The average Bonchev–Trinajstić information content (AvgIpc) is 2.88. The second-order valence-corrected chi connectivity index (χ2v) is 8.28. The van der Waals surface area contributed by atoms with Crippen LogP contribution in [0.4, 0.5) is 11.4 Å². The van der Waals surface area contributed by atoms with E-state index in [1.54, 1.807) is 11.8 Å². The van der Waals surface area contributed by atoms with Crippen LogP contribution in [0.25, 0.3) is 0 Å². The standard InChI is InChI=1S/C24H26ClN3O8/c1-2-34-21-12-16(6-9-20(21)35-15-23(30)27-10-4-3-5-11-27)24(31)36-14-22(29)26-19-8-7-17(28(32)33)13-18(19)25/h6-9,12-13H,2-5,10-11,14-15H2,1H3,(H,26,29). The first-order valence-corrected chi connectivity index (χ1v) is 11.7. The van der Waals surface area contributed by atoms with Crippen molar-refractivity contribution in [3.63, 3.8) is 0 Å². The molecule has 2 amide bonds. The van der Waals surface area contributed by atoms with Crippen molar-refractivity contribution in [2.24, 2.45) is 0 Å². The lowest BCUT2D eigenvalue weighted by molar-refractivity contribution is -0.384. The minimum atomic E-state index is -0.781. The summed E-state index contributed by atoms with van der Waals surface area (Å²) in [6.45, 7) is 2.74. The Balaban J connectivity index is 1.56. The molecule has 0 spiro atoms. The Morgan fingerprint density at radius 1 is 1.03 bits per heavy atom. The van der Waals surface area contributed by atoms with Gasteiger partial charge in [-0.25, -0.2) is 4.79 Å². The van der Waals surface area contributed by atoms with E-state index in [-0.39, 0.29) is 40.2 Å². The number of anilines is 1. The summed E-state index contributed by atoms with van der Waals surface area (Å²) >= 11 is 5.95. The van der Waals surface area contributed by atoms with Crippen LogP contribution in [0.2, 0.25) is 5.02 Å². The topological polar surface area (TPSA) is 137 Å². The molecule has 0 aromatic heterocycles. The number of piperidine rings is 1. The Bertz CT molecular complexity index is 1130. The summed E-state index contributed by atoms with van der Waals surface area (Å²) in [7, 11) is 0. The van der Waals surface area contributed by atoms with Gasteiger partial charge in [0.1, 0.15) is 0 Å². The van der Waals surface area contributed by atoms with Crippen LogP contribution >= 0.6 is 11.6 Å². The fraction of sp³-hybridized carbons (Fsp3) is 0.375. The number of carbonyl (C=O) groups excluding carboxylic acids is 3. The number of nitrogens with one attached hydrogen (secondary N) is 1. The number of amides is 2. The molecule has 0 unspecified atom stereocenters. The zero-order valence-corrected chi connectivity index (χ0v) is 20.4. The van der Waals surface area contributed by atoms with Crippen molar-refractivity contribution >= 4 is 40.8 Å². The maximum Gasteiger partial charge on any atom is 0.338 e. The molecular formula is C24H26ClN3O8. The van der Waals surface area contributed by atoms with Crippen LogP contribution in [0.5, 0.6) is 11.5 Å². The Kier molecular flexibility index (Phi) is 9.46. The number of hydrogen-bond acceptors (Lipinski definition) is 8. The smallest absolute Gasteiger partial charge is 0.338 e. The number of rotatable bonds is 10. The quantitative estimate of drug-likeness (QED) is 0.284. The lowest BCUT2D eigenvalue weighted by Crippen LogP contribution is -2.38. The van der Waals surface area contributed by atoms with E-state index >= 15 is 0 Å². The minimum absolute atomic E-state index is 0.0282. The highest BCUT2D eigenvalue weighted by molar-refractivity contribution is 6.34. The van der Waals surface area contributed by atoms with Crippen molar-refractivity contribution in [1.29, 1.82) is 0 Å². The van der Waals surface area contributed by atoms with Crippen molar-refractivity contribution in [2.45, 2.75) is 26.2 Å². The zero-order valence-electron chi connectivity index (χ0n) is 19.7. The highest BCUT2D eigenvalue weighted by Gasteiger charge is 2.19. The van der Waals surface area contributed by atoms with E-state index in [1.807, 2.05) is 0 Å². The van der Waals surface area contributed by atoms with Gasteiger partial charge in [0, 0.05) is 25.2 Å². The van der Waals surface area contributed by atoms with Gasteiger partial charge in [-0.15, -0.1) is 0 Å². The molecule has 0 radical (unpaired) electrons. The number of ether oxygens (including phenoxy) is 3. The van der Waals surface area contributed by atoms with Crippen molar-refractivity contribution < 1.29 is 33.5 Å². The van der Waals surface area contributed by atoms with Crippen molar-refractivity contribution in [3.05, 3.63) is 57.1 Å². The summed E-state index contributed by atoms with van der Waals surface area (Å²) in [5.74, 6) is -0.998. The van der Waals surface area contributed by atoms with Gasteiger partial charge in [-0.05, 0) is 50.5 Å². The summed E-state index contributed by atoms with van der Waals surface area (Å²) in [5, 5.41) is 13.2. The number of esters is 1. The van der Waals surface area contributed by atoms with Crippen LogP contribution < -0.4 is 14.8 Å². The fourth-order valence-corrected chi connectivity index (χ4v) is 3.74. The molecule has 1 heterocycles. The highest BCUT2D eigenvalue weighted by Crippen LogP contribution is 2.29. The van der Waals surface area contributed by atoms with E-state index in [9.17, 15) is 24.5 Å². The van der Waals surface area contributed by atoms with Gasteiger partial charge in [-0.2, -0.15) is 0 Å². The molecule has 11 nitrogen and oxygen atoms in total. The number of halogens is 1. The van der Waals surface area contributed by atoms with E-state index < -0.39 is 23.4 Å². The lowest BCUT2D eigenvalue weighted by atomic mass is 10.1. The highest BCUT2D eigenvalue weighted by atomic mass is 35.5. The Hall–Kier alpha value is -3.86. The van der Waals surface area contributed by atoms with Crippen LogP contribution in [0.1, 0.15) is 36.5 Å². The predicted octanol–water partition coefficient (Wildman–Crippen LogP) is 3.83. The van der Waals surface area contributed by atoms with Crippen LogP contribution in [0, 0.1) is 10.1 Å². The second kappa shape index (κ2) is 12.7. The van der Waals surface area contributed by atoms with Crippen LogP contribution in [-0.4, -0.2) is 60.5 Å². The molecule has 0 saturated carbocycles. The molecule has 0 bridgehead atoms. The van der Waals surface area contributed by atoms with Gasteiger partial charge in [-0.3, -0.25) is 19.7 Å². The first-order valence-electron chi connectivity index (χ1n) is 11.4. The third kappa shape index (κ3) is 7.32. The third-order valence-electron chi connectivity index (χ3n) is 5.31. The lowest BCUT2D eigenvalue weighted by Gasteiger charge is -2.26. The molecule has 0 aliphatic carbocycles. The molecule has 192 valence electrons. The maximum atomic E-state index is 12.5. The molecule has 1 N–H and O–H groups in total. The molecular weight excluding hydrogens is 494 g/mol. The number of nitro benzene ring substituents is 1. The van der Waals surface area contributed by atoms with Gasteiger partial charge >= 0.3 is 5.97 Å². The molecule has 1 saturated heterocycles. The molecule has 3 rings (SSSR count). The van der Waals surface area contributed by atoms with Gasteiger partial charge in [0.25, 0.3) is 17.5 Å². The number of carbonyl (C=O) groups is 3.